The molecular formula is C15H21ClN2O2. The highest BCUT2D eigenvalue weighted by atomic mass is 35.5. The van der Waals surface area contributed by atoms with E-state index in [4.69, 9.17) is 16.3 Å². The van der Waals surface area contributed by atoms with Crippen LogP contribution in [0.25, 0.3) is 0 Å². The maximum atomic E-state index is 12.5. The van der Waals surface area contributed by atoms with Crippen molar-refractivity contribution in [3.8, 4) is 5.75 Å². The van der Waals surface area contributed by atoms with Gasteiger partial charge in [-0.2, -0.15) is 0 Å². The molecule has 0 bridgehead atoms. The lowest BCUT2D eigenvalue weighted by Crippen LogP contribution is -2.42. The molecule has 0 atom stereocenters. The molecular weight excluding hydrogens is 276 g/mol. The van der Waals surface area contributed by atoms with Crippen LogP contribution in [-0.4, -0.2) is 25.6 Å². The first-order valence-corrected chi connectivity index (χ1v) is 7.37. The summed E-state index contributed by atoms with van der Waals surface area (Å²) in [6.45, 7) is 6.21. The third-order valence-corrected chi connectivity index (χ3v) is 3.98. The van der Waals surface area contributed by atoms with E-state index in [0.717, 1.165) is 25.9 Å². The average molecular weight is 297 g/mol. The Morgan fingerprint density at radius 1 is 1.45 bits per heavy atom. The van der Waals surface area contributed by atoms with Crippen molar-refractivity contribution in [2.24, 2.45) is 5.41 Å². The highest BCUT2D eigenvalue weighted by Gasteiger charge is 2.34. The Morgan fingerprint density at radius 2 is 2.15 bits per heavy atom. The second-order valence-corrected chi connectivity index (χ2v) is 5.77. The molecule has 1 heterocycles. The third-order valence-electron chi connectivity index (χ3n) is 3.74. The second kappa shape index (κ2) is 6.46. The number of hydrogen-bond donors (Lipinski definition) is 2. The van der Waals surface area contributed by atoms with Crippen LogP contribution >= 0.6 is 11.6 Å². The van der Waals surface area contributed by atoms with Crippen molar-refractivity contribution in [1.29, 1.82) is 0 Å². The number of amides is 1. The SMILES string of the molecule is CCOc1ccc(Cl)cc1NC(=O)C1(C)CCNCC1. The van der Waals surface area contributed by atoms with Crippen molar-refractivity contribution in [3.05, 3.63) is 23.2 Å². The topological polar surface area (TPSA) is 50.4 Å². The normalized spacial score (nSPS) is 17.6. The number of piperidine rings is 1. The summed E-state index contributed by atoms with van der Waals surface area (Å²) in [6.07, 6.45) is 1.67. The van der Waals surface area contributed by atoms with Gasteiger partial charge in [-0.15, -0.1) is 0 Å². The molecule has 0 aromatic heterocycles. The van der Waals surface area contributed by atoms with Crippen LogP contribution in [0.1, 0.15) is 26.7 Å². The number of hydrogen-bond acceptors (Lipinski definition) is 3. The number of ether oxygens (including phenoxy) is 1. The van der Waals surface area contributed by atoms with Gasteiger partial charge in [-0.3, -0.25) is 4.79 Å². The zero-order valence-electron chi connectivity index (χ0n) is 12.0. The summed E-state index contributed by atoms with van der Waals surface area (Å²) in [7, 11) is 0. The maximum Gasteiger partial charge on any atom is 0.230 e. The van der Waals surface area contributed by atoms with Gasteiger partial charge >= 0.3 is 0 Å². The van der Waals surface area contributed by atoms with Gasteiger partial charge in [-0.05, 0) is 51.1 Å². The number of rotatable bonds is 4. The van der Waals surface area contributed by atoms with E-state index in [1.807, 2.05) is 13.8 Å². The van der Waals surface area contributed by atoms with Crippen LogP contribution in [0.5, 0.6) is 5.75 Å². The van der Waals surface area contributed by atoms with Gasteiger partial charge in [0, 0.05) is 10.4 Å². The number of benzene rings is 1. The van der Waals surface area contributed by atoms with Gasteiger partial charge in [-0.25, -0.2) is 0 Å². The van der Waals surface area contributed by atoms with Crippen molar-refractivity contribution >= 4 is 23.2 Å². The first kappa shape index (κ1) is 15.1. The molecule has 110 valence electrons. The van der Waals surface area contributed by atoms with Crippen LogP contribution in [-0.2, 0) is 4.79 Å². The van der Waals surface area contributed by atoms with Gasteiger partial charge in [-0.1, -0.05) is 18.5 Å². The standard InChI is InChI=1S/C15H21ClN2O2/c1-3-20-13-5-4-11(16)10-12(13)18-14(19)15(2)6-8-17-9-7-15/h4-5,10,17H,3,6-9H2,1-2H3,(H,18,19). The predicted octanol–water partition coefficient (Wildman–Crippen LogP) is 3.07. The maximum absolute atomic E-state index is 12.5. The Hall–Kier alpha value is -1.26. The van der Waals surface area contributed by atoms with E-state index >= 15 is 0 Å². The summed E-state index contributed by atoms with van der Waals surface area (Å²) in [4.78, 5) is 12.5. The molecule has 1 aromatic rings. The highest BCUT2D eigenvalue weighted by molar-refractivity contribution is 6.31. The molecule has 0 spiro atoms. The summed E-state index contributed by atoms with van der Waals surface area (Å²) < 4.78 is 5.53. The smallest absolute Gasteiger partial charge is 0.230 e. The fraction of sp³-hybridized carbons (Fsp3) is 0.533. The molecule has 1 saturated heterocycles. The molecule has 1 amide bonds. The molecule has 2 rings (SSSR count). The predicted molar refractivity (Wildman–Crippen MR) is 81.5 cm³/mol. The van der Waals surface area contributed by atoms with E-state index in [2.05, 4.69) is 10.6 Å². The van der Waals surface area contributed by atoms with Crippen LogP contribution in [0, 0.1) is 5.41 Å². The lowest BCUT2D eigenvalue weighted by atomic mass is 9.80. The monoisotopic (exact) mass is 296 g/mol. The lowest BCUT2D eigenvalue weighted by molar-refractivity contribution is -0.126. The zero-order chi connectivity index (χ0) is 14.6. The summed E-state index contributed by atoms with van der Waals surface area (Å²) >= 11 is 6.00. The van der Waals surface area contributed by atoms with Crippen molar-refractivity contribution < 1.29 is 9.53 Å². The summed E-state index contributed by atoms with van der Waals surface area (Å²) in [5.74, 6) is 0.685. The van der Waals surface area contributed by atoms with Crippen LogP contribution in [0.15, 0.2) is 18.2 Å². The van der Waals surface area contributed by atoms with Gasteiger partial charge < -0.3 is 15.4 Å². The Morgan fingerprint density at radius 3 is 2.80 bits per heavy atom. The van der Waals surface area contributed by atoms with E-state index in [1.54, 1.807) is 18.2 Å². The van der Waals surface area contributed by atoms with E-state index in [9.17, 15) is 4.79 Å². The molecule has 2 N–H and O–H groups in total. The highest BCUT2D eigenvalue weighted by Crippen LogP contribution is 2.33. The van der Waals surface area contributed by atoms with Crippen molar-refractivity contribution in [2.75, 3.05) is 25.0 Å². The number of halogens is 1. The Labute approximate surface area is 124 Å². The molecule has 1 fully saturated rings. The zero-order valence-corrected chi connectivity index (χ0v) is 12.7. The van der Waals surface area contributed by atoms with Crippen molar-refractivity contribution in [3.63, 3.8) is 0 Å². The van der Waals surface area contributed by atoms with Crippen molar-refractivity contribution in [1.82, 2.24) is 5.32 Å². The summed E-state index contributed by atoms with van der Waals surface area (Å²) in [5, 5.41) is 6.83. The lowest BCUT2D eigenvalue weighted by Gasteiger charge is -2.32. The first-order chi connectivity index (χ1) is 9.55. The van der Waals surface area contributed by atoms with Crippen molar-refractivity contribution in [2.45, 2.75) is 26.7 Å². The molecule has 4 nitrogen and oxygen atoms in total. The van der Waals surface area contributed by atoms with Crippen LogP contribution in [0.4, 0.5) is 5.69 Å². The van der Waals surface area contributed by atoms with Crippen LogP contribution in [0.3, 0.4) is 0 Å². The quantitative estimate of drug-likeness (QED) is 0.898. The molecule has 1 aliphatic heterocycles. The number of carbonyl (C=O) groups is 1. The number of nitrogens with one attached hydrogen (secondary N) is 2. The third kappa shape index (κ3) is 3.44. The molecule has 0 radical (unpaired) electrons. The summed E-state index contributed by atoms with van der Waals surface area (Å²) in [6, 6.07) is 5.27. The van der Waals surface area contributed by atoms with Crippen LogP contribution in [0.2, 0.25) is 5.02 Å². The van der Waals surface area contributed by atoms with Gasteiger partial charge in [0.15, 0.2) is 0 Å². The Balaban J connectivity index is 2.16. The van der Waals surface area contributed by atoms with Crippen LogP contribution < -0.4 is 15.4 Å². The minimum Gasteiger partial charge on any atom is -0.492 e. The Kier molecular flexibility index (Phi) is 4.89. The van der Waals surface area contributed by atoms with E-state index < -0.39 is 0 Å². The second-order valence-electron chi connectivity index (χ2n) is 5.34. The molecule has 1 aliphatic rings. The molecule has 1 aromatic carbocycles. The van der Waals surface area contributed by atoms with Gasteiger partial charge in [0.2, 0.25) is 5.91 Å². The fourth-order valence-corrected chi connectivity index (χ4v) is 2.53. The average Bonchev–Trinajstić information content (AvgIpc) is 2.43. The van der Waals surface area contributed by atoms with Gasteiger partial charge in [0.1, 0.15) is 5.75 Å². The fourth-order valence-electron chi connectivity index (χ4n) is 2.36. The molecule has 0 saturated carbocycles. The molecule has 0 aliphatic carbocycles. The minimum atomic E-state index is -0.336. The molecule has 20 heavy (non-hydrogen) atoms. The van der Waals surface area contributed by atoms with Gasteiger partial charge in [0.05, 0.1) is 12.3 Å². The molecule has 0 unspecified atom stereocenters. The summed E-state index contributed by atoms with van der Waals surface area (Å²) in [5.41, 5.74) is 0.306. The van der Waals surface area contributed by atoms with Gasteiger partial charge in [0.25, 0.3) is 0 Å². The van der Waals surface area contributed by atoms with E-state index in [-0.39, 0.29) is 11.3 Å². The first-order valence-electron chi connectivity index (χ1n) is 7.00. The molecule has 5 heteroatoms. The van der Waals surface area contributed by atoms with E-state index in [0.29, 0.717) is 23.1 Å². The Bertz CT molecular complexity index is 485. The number of anilines is 1. The minimum absolute atomic E-state index is 0.0298. The largest absolute Gasteiger partial charge is 0.492 e. The van der Waals surface area contributed by atoms with E-state index in [1.165, 1.54) is 0 Å². The number of carbonyl (C=O) groups excluding carboxylic acids is 1.